The molecule has 1 aromatic heterocycles. The van der Waals surface area contributed by atoms with Crippen LogP contribution in [0.15, 0.2) is 30.5 Å². The molecule has 0 aliphatic heterocycles. The highest BCUT2D eigenvalue weighted by molar-refractivity contribution is 5.93. The second-order valence-electron chi connectivity index (χ2n) is 5.69. The monoisotopic (exact) mass is 281 g/mol. The molecule has 2 N–H and O–H groups in total. The lowest BCUT2D eigenvalue weighted by atomic mass is 9.96. The maximum Gasteiger partial charge on any atom is 0.103 e. The molecule has 0 radical (unpaired) electrons. The fourth-order valence-corrected chi connectivity index (χ4v) is 3.27. The van der Waals surface area contributed by atoms with Crippen molar-refractivity contribution in [1.82, 2.24) is 4.98 Å². The Labute approximate surface area is 124 Å². The van der Waals surface area contributed by atoms with Crippen LogP contribution in [0.25, 0.3) is 10.9 Å². The number of hydrogen-bond donors (Lipinski definition) is 2. The van der Waals surface area contributed by atoms with Gasteiger partial charge in [0.25, 0.3) is 0 Å². The summed E-state index contributed by atoms with van der Waals surface area (Å²) in [6.45, 7) is 1.06. The van der Waals surface area contributed by atoms with Crippen molar-refractivity contribution in [1.29, 1.82) is 5.26 Å². The number of aliphatic hydroxyl groups excluding tert-OH is 1. The molecule has 1 aliphatic carbocycles. The molecule has 1 heterocycles. The van der Waals surface area contributed by atoms with Crippen LogP contribution < -0.4 is 5.32 Å². The van der Waals surface area contributed by atoms with Crippen molar-refractivity contribution in [2.45, 2.75) is 19.3 Å². The summed E-state index contributed by atoms with van der Waals surface area (Å²) in [5, 5.41) is 23.1. The molecule has 3 rings (SSSR count). The van der Waals surface area contributed by atoms with E-state index >= 15 is 0 Å². The molecular weight excluding hydrogens is 262 g/mol. The summed E-state index contributed by atoms with van der Waals surface area (Å²) in [4.78, 5) is 4.32. The van der Waals surface area contributed by atoms with E-state index in [1.165, 1.54) is 6.42 Å². The highest BCUT2D eigenvalue weighted by atomic mass is 16.3. The Morgan fingerprint density at radius 2 is 2.10 bits per heavy atom. The molecule has 4 nitrogen and oxygen atoms in total. The molecule has 2 atom stereocenters. The van der Waals surface area contributed by atoms with Crippen LogP contribution in [0.4, 0.5) is 5.69 Å². The molecule has 0 bridgehead atoms. The minimum Gasteiger partial charge on any atom is -0.396 e. The maximum atomic E-state index is 9.42. The lowest BCUT2D eigenvalue weighted by Crippen LogP contribution is -2.21. The molecule has 1 aliphatic rings. The van der Waals surface area contributed by atoms with E-state index in [0.29, 0.717) is 17.4 Å². The summed E-state index contributed by atoms with van der Waals surface area (Å²) in [6, 6.07) is 10.1. The third-order valence-electron chi connectivity index (χ3n) is 4.49. The molecule has 21 heavy (non-hydrogen) atoms. The van der Waals surface area contributed by atoms with Gasteiger partial charge in [0.2, 0.25) is 0 Å². The zero-order valence-corrected chi connectivity index (χ0v) is 11.9. The number of pyridine rings is 1. The number of benzene rings is 1. The Kier molecular flexibility index (Phi) is 4.03. The van der Waals surface area contributed by atoms with Gasteiger partial charge in [0.15, 0.2) is 0 Å². The summed E-state index contributed by atoms with van der Waals surface area (Å²) >= 11 is 0. The number of rotatable bonds is 4. The predicted octanol–water partition coefficient (Wildman–Crippen LogP) is 2.93. The normalized spacial score (nSPS) is 21.3. The lowest BCUT2D eigenvalue weighted by molar-refractivity contribution is 0.199. The van der Waals surface area contributed by atoms with Crippen LogP contribution >= 0.6 is 0 Å². The average Bonchev–Trinajstić information content (AvgIpc) is 2.99. The van der Waals surface area contributed by atoms with Gasteiger partial charge in [0.1, 0.15) is 6.07 Å². The second-order valence-corrected chi connectivity index (χ2v) is 5.69. The van der Waals surface area contributed by atoms with Crippen LogP contribution in [0, 0.1) is 23.2 Å². The van der Waals surface area contributed by atoms with Crippen molar-refractivity contribution in [3.63, 3.8) is 0 Å². The van der Waals surface area contributed by atoms with Gasteiger partial charge in [0, 0.05) is 24.7 Å². The summed E-state index contributed by atoms with van der Waals surface area (Å²) in [5.74, 6) is 0.865. The minimum atomic E-state index is 0.258. The van der Waals surface area contributed by atoms with Gasteiger partial charge in [-0.15, -0.1) is 0 Å². The van der Waals surface area contributed by atoms with Gasteiger partial charge in [0.05, 0.1) is 16.8 Å². The van der Waals surface area contributed by atoms with E-state index in [2.05, 4.69) is 16.4 Å². The maximum absolute atomic E-state index is 9.42. The molecule has 4 heteroatoms. The van der Waals surface area contributed by atoms with Gasteiger partial charge < -0.3 is 10.4 Å². The largest absolute Gasteiger partial charge is 0.396 e. The average molecular weight is 281 g/mol. The van der Waals surface area contributed by atoms with Crippen molar-refractivity contribution in [3.8, 4) is 6.07 Å². The summed E-state index contributed by atoms with van der Waals surface area (Å²) < 4.78 is 0. The molecule has 1 aromatic carbocycles. The van der Waals surface area contributed by atoms with Crippen LogP contribution in [-0.2, 0) is 0 Å². The van der Waals surface area contributed by atoms with E-state index in [9.17, 15) is 10.4 Å². The molecule has 2 unspecified atom stereocenters. The zero-order chi connectivity index (χ0) is 14.7. The quantitative estimate of drug-likeness (QED) is 0.904. The van der Waals surface area contributed by atoms with Gasteiger partial charge in [-0.2, -0.15) is 5.26 Å². The van der Waals surface area contributed by atoms with Gasteiger partial charge in [-0.3, -0.25) is 4.98 Å². The Morgan fingerprint density at radius 3 is 2.90 bits per heavy atom. The van der Waals surface area contributed by atoms with Crippen molar-refractivity contribution in [3.05, 3.63) is 36.0 Å². The highest BCUT2D eigenvalue weighted by Crippen LogP contribution is 2.32. The van der Waals surface area contributed by atoms with Crippen LogP contribution in [0.3, 0.4) is 0 Å². The van der Waals surface area contributed by atoms with E-state index in [0.717, 1.165) is 36.0 Å². The van der Waals surface area contributed by atoms with E-state index in [1.807, 2.05) is 24.3 Å². The fourth-order valence-electron chi connectivity index (χ4n) is 3.27. The topological polar surface area (TPSA) is 68.9 Å². The van der Waals surface area contributed by atoms with Crippen molar-refractivity contribution >= 4 is 16.6 Å². The summed E-state index contributed by atoms with van der Waals surface area (Å²) in [6.07, 6.45) is 5.05. The number of para-hydroxylation sites is 1. The van der Waals surface area contributed by atoms with Crippen LogP contribution in [0.5, 0.6) is 0 Å². The Balaban J connectivity index is 1.87. The molecule has 1 saturated carbocycles. The van der Waals surface area contributed by atoms with Gasteiger partial charge >= 0.3 is 0 Å². The first kappa shape index (κ1) is 13.8. The van der Waals surface area contributed by atoms with E-state index in [1.54, 1.807) is 6.20 Å². The van der Waals surface area contributed by atoms with Gasteiger partial charge in [-0.05, 0) is 30.7 Å². The number of nitrogens with one attached hydrogen (secondary N) is 1. The van der Waals surface area contributed by atoms with Crippen LogP contribution in [0.2, 0.25) is 0 Å². The molecule has 0 saturated heterocycles. The smallest absolute Gasteiger partial charge is 0.103 e. The molecular formula is C17H19N3O. The van der Waals surface area contributed by atoms with E-state index < -0.39 is 0 Å². The SMILES string of the molecule is N#Cc1cnc2ccccc2c1NCC1CCCC1CO. The Morgan fingerprint density at radius 1 is 1.29 bits per heavy atom. The van der Waals surface area contributed by atoms with Crippen molar-refractivity contribution in [2.24, 2.45) is 11.8 Å². The number of aromatic nitrogens is 1. The fraction of sp³-hybridized carbons (Fsp3) is 0.412. The highest BCUT2D eigenvalue weighted by Gasteiger charge is 2.26. The minimum absolute atomic E-state index is 0.258. The lowest BCUT2D eigenvalue weighted by Gasteiger charge is -2.19. The summed E-state index contributed by atoms with van der Waals surface area (Å²) in [5.41, 5.74) is 2.34. The molecule has 1 fully saturated rings. The summed E-state index contributed by atoms with van der Waals surface area (Å²) in [7, 11) is 0. The van der Waals surface area contributed by atoms with E-state index in [-0.39, 0.29) is 6.61 Å². The number of hydrogen-bond acceptors (Lipinski definition) is 4. The number of nitriles is 1. The zero-order valence-electron chi connectivity index (χ0n) is 11.9. The number of aliphatic hydroxyl groups is 1. The van der Waals surface area contributed by atoms with Gasteiger partial charge in [-0.25, -0.2) is 0 Å². The van der Waals surface area contributed by atoms with Gasteiger partial charge in [-0.1, -0.05) is 24.6 Å². The van der Waals surface area contributed by atoms with Crippen LogP contribution in [-0.4, -0.2) is 23.2 Å². The van der Waals surface area contributed by atoms with Crippen LogP contribution in [0.1, 0.15) is 24.8 Å². The van der Waals surface area contributed by atoms with Crippen molar-refractivity contribution < 1.29 is 5.11 Å². The first-order valence-electron chi connectivity index (χ1n) is 7.46. The molecule has 0 amide bonds. The number of anilines is 1. The van der Waals surface area contributed by atoms with Crippen molar-refractivity contribution in [2.75, 3.05) is 18.5 Å². The Hall–Kier alpha value is -2.12. The number of nitrogens with zero attached hydrogens (tertiary/aromatic N) is 2. The van der Waals surface area contributed by atoms with E-state index in [4.69, 9.17) is 0 Å². The Bertz CT molecular complexity index is 677. The molecule has 2 aromatic rings. The standard InChI is InChI=1S/C17H19N3O/c18-8-14-10-19-16-7-2-1-6-15(16)17(14)20-9-12-4-3-5-13(12)11-21/h1-2,6-7,10,12-13,21H,3-5,9,11H2,(H,19,20). The predicted molar refractivity (Wildman–Crippen MR) is 82.9 cm³/mol. The number of fused-ring (bicyclic) bond motifs is 1. The third kappa shape index (κ3) is 2.70. The second kappa shape index (κ2) is 6.11. The molecule has 0 spiro atoms. The molecule has 108 valence electrons. The first-order valence-corrected chi connectivity index (χ1v) is 7.46. The first-order chi connectivity index (χ1) is 10.3. The third-order valence-corrected chi connectivity index (χ3v) is 4.49.